The Morgan fingerprint density at radius 1 is 1.14 bits per heavy atom. The van der Waals surface area contributed by atoms with Gasteiger partial charge < -0.3 is 10.1 Å². The molecule has 4 rings (SSSR count). The van der Waals surface area contributed by atoms with Crippen LogP contribution in [0.4, 0.5) is 10.1 Å². The summed E-state index contributed by atoms with van der Waals surface area (Å²) < 4.78 is 19.3. The highest BCUT2D eigenvalue weighted by Gasteiger charge is 2.39. The number of hydrogen-bond acceptors (Lipinski definition) is 2. The summed E-state index contributed by atoms with van der Waals surface area (Å²) in [6, 6.07) is 12.8. The van der Waals surface area contributed by atoms with Gasteiger partial charge in [0.15, 0.2) is 0 Å². The molecule has 2 aliphatic rings. The van der Waals surface area contributed by atoms with Crippen LogP contribution >= 0.6 is 11.6 Å². The van der Waals surface area contributed by atoms with Gasteiger partial charge in [-0.1, -0.05) is 23.7 Å². The van der Waals surface area contributed by atoms with Gasteiger partial charge >= 0.3 is 0 Å². The van der Waals surface area contributed by atoms with Gasteiger partial charge in [-0.15, -0.1) is 0 Å². The number of rotatable bonds is 1. The van der Waals surface area contributed by atoms with Crippen LogP contribution in [0, 0.1) is 11.7 Å². The summed E-state index contributed by atoms with van der Waals surface area (Å²) >= 11 is 6.15. The van der Waals surface area contributed by atoms with Gasteiger partial charge in [0.1, 0.15) is 5.82 Å². The zero-order chi connectivity index (χ0) is 15.1. The maximum absolute atomic E-state index is 13.2. The Labute approximate surface area is 134 Å². The van der Waals surface area contributed by atoms with E-state index < -0.39 is 0 Å². The van der Waals surface area contributed by atoms with Crippen LogP contribution in [0.15, 0.2) is 42.5 Å². The van der Waals surface area contributed by atoms with Crippen LogP contribution in [-0.4, -0.2) is 6.61 Å². The summed E-state index contributed by atoms with van der Waals surface area (Å²) in [6.45, 7) is 0.781. The molecule has 2 aromatic carbocycles. The van der Waals surface area contributed by atoms with Crippen molar-refractivity contribution in [3.05, 3.63) is 64.4 Å². The van der Waals surface area contributed by atoms with Crippen molar-refractivity contribution in [2.45, 2.75) is 25.0 Å². The van der Waals surface area contributed by atoms with Crippen molar-refractivity contribution in [1.82, 2.24) is 0 Å². The molecule has 4 heteroatoms. The smallest absolute Gasteiger partial charge is 0.123 e. The Kier molecular flexibility index (Phi) is 3.55. The molecular weight excluding hydrogens is 301 g/mol. The highest BCUT2D eigenvalue weighted by atomic mass is 35.5. The molecule has 22 heavy (non-hydrogen) atoms. The molecule has 1 saturated heterocycles. The number of anilines is 1. The number of hydrogen-bond donors (Lipinski definition) is 1. The first-order chi connectivity index (χ1) is 10.7. The molecule has 1 N–H and O–H groups in total. The van der Waals surface area contributed by atoms with E-state index in [2.05, 4.69) is 5.32 Å². The molecule has 1 fully saturated rings. The van der Waals surface area contributed by atoms with Gasteiger partial charge in [0.05, 0.1) is 12.1 Å². The molecule has 0 bridgehead atoms. The zero-order valence-corrected chi connectivity index (χ0v) is 12.8. The molecule has 0 radical (unpaired) electrons. The fourth-order valence-corrected chi connectivity index (χ4v) is 3.82. The van der Waals surface area contributed by atoms with Crippen LogP contribution in [0.1, 0.15) is 36.1 Å². The number of benzene rings is 2. The van der Waals surface area contributed by atoms with Crippen LogP contribution in [-0.2, 0) is 4.74 Å². The van der Waals surface area contributed by atoms with Crippen molar-refractivity contribution >= 4 is 17.3 Å². The van der Waals surface area contributed by atoms with Crippen molar-refractivity contribution in [3.8, 4) is 0 Å². The van der Waals surface area contributed by atoms with Crippen LogP contribution in [0.2, 0.25) is 5.02 Å². The predicted molar refractivity (Wildman–Crippen MR) is 85.6 cm³/mol. The molecular formula is C18H17ClFNO. The summed E-state index contributed by atoms with van der Waals surface area (Å²) in [5, 5.41) is 4.33. The van der Waals surface area contributed by atoms with Crippen LogP contribution in [0.3, 0.4) is 0 Å². The maximum Gasteiger partial charge on any atom is 0.123 e. The number of fused-ring (bicyclic) bond motifs is 3. The molecule has 0 amide bonds. The lowest BCUT2D eigenvalue weighted by atomic mass is 9.77. The fraction of sp³-hybridized carbons (Fsp3) is 0.333. The van der Waals surface area contributed by atoms with Crippen LogP contribution < -0.4 is 5.32 Å². The van der Waals surface area contributed by atoms with E-state index in [-0.39, 0.29) is 18.0 Å². The third-order valence-corrected chi connectivity index (χ3v) is 4.89. The van der Waals surface area contributed by atoms with E-state index in [1.807, 2.05) is 30.3 Å². The first kappa shape index (κ1) is 14.0. The monoisotopic (exact) mass is 317 g/mol. The summed E-state index contributed by atoms with van der Waals surface area (Å²) in [7, 11) is 0. The minimum atomic E-state index is -0.205. The molecule has 2 aliphatic heterocycles. The zero-order valence-electron chi connectivity index (χ0n) is 12.1. The maximum atomic E-state index is 13.2. The molecule has 0 aliphatic carbocycles. The fourth-order valence-electron chi connectivity index (χ4n) is 3.64. The first-order valence-electron chi connectivity index (χ1n) is 7.65. The second-order valence-electron chi connectivity index (χ2n) is 6.00. The van der Waals surface area contributed by atoms with Crippen molar-refractivity contribution in [3.63, 3.8) is 0 Å². The third kappa shape index (κ3) is 2.38. The predicted octanol–water partition coefficient (Wildman–Crippen LogP) is 5.11. The van der Waals surface area contributed by atoms with Gasteiger partial charge in [0, 0.05) is 28.8 Å². The molecule has 0 spiro atoms. The molecule has 0 aromatic heterocycles. The average Bonchev–Trinajstić information content (AvgIpc) is 2.55. The lowest BCUT2D eigenvalue weighted by Crippen LogP contribution is -2.36. The SMILES string of the molecule is Fc1ccc([C@H]2Nc3ccc(Cl)cc3[C@@H]3OCCC[C@H]23)cc1. The second-order valence-corrected chi connectivity index (χ2v) is 6.44. The minimum Gasteiger partial charge on any atom is -0.378 e. The Morgan fingerprint density at radius 2 is 1.95 bits per heavy atom. The molecule has 2 nitrogen and oxygen atoms in total. The molecule has 2 heterocycles. The molecule has 0 unspecified atom stereocenters. The summed E-state index contributed by atoms with van der Waals surface area (Å²) in [5.41, 5.74) is 3.29. The summed E-state index contributed by atoms with van der Waals surface area (Å²) in [5.74, 6) is 0.133. The molecule has 2 aromatic rings. The van der Waals surface area contributed by atoms with E-state index in [0.29, 0.717) is 5.92 Å². The van der Waals surface area contributed by atoms with Crippen molar-refractivity contribution in [2.75, 3.05) is 11.9 Å². The Balaban J connectivity index is 1.77. The Hall–Kier alpha value is -1.58. The van der Waals surface area contributed by atoms with E-state index >= 15 is 0 Å². The quantitative estimate of drug-likeness (QED) is 0.788. The van der Waals surface area contributed by atoms with E-state index in [4.69, 9.17) is 16.3 Å². The van der Waals surface area contributed by atoms with Gasteiger partial charge in [-0.3, -0.25) is 0 Å². The van der Waals surface area contributed by atoms with Crippen molar-refractivity contribution < 1.29 is 9.13 Å². The normalized spacial score (nSPS) is 26.7. The van der Waals surface area contributed by atoms with Gasteiger partial charge in [0.2, 0.25) is 0 Å². The van der Waals surface area contributed by atoms with Gasteiger partial charge in [-0.25, -0.2) is 4.39 Å². The average molecular weight is 318 g/mol. The number of ether oxygens (including phenoxy) is 1. The molecule has 3 atom stereocenters. The van der Waals surface area contributed by atoms with Crippen molar-refractivity contribution in [1.29, 1.82) is 0 Å². The second kappa shape index (κ2) is 5.56. The lowest BCUT2D eigenvalue weighted by molar-refractivity contribution is -0.0381. The summed E-state index contributed by atoms with van der Waals surface area (Å²) in [4.78, 5) is 0. The van der Waals surface area contributed by atoms with E-state index in [1.54, 1.807) is 0 Å². The number of nitrogens with one attached hydrogen (secondary N) is 1. The lowest BCUT2D eigenvalue weighted by Gasteiger charge is -2.43. The van der Waals surface area contributed by atoms with E-state index in [1.165, 1.54) is 12.1 Å². The standard InChI is InChI=1S/C18H17ClFNO/c19-12-5-8-16-15(10-12)18-14(2-1-9-22-18)17(21-16)11-3-6-13(20)7-4-11/h3-8,10,14,17-18,21H,1-2,9H2/t14-,17-,18-/m1/s1. The minimum absolute atomic E-state index is 0.0544. The van der Waals surface area contributed by atoms with E-state index in [9.17, 15) is 4.39 Å². The Bertz CT molecular complexity index is 688. The summed E-state index contributed by atoms with van der Waals surface area (Å²) in [6.07, 6.45) is 2.20. The highest BCUT2D eigenvalue weighted by molar-refractivity contribution is 6.30. The van der Waals surface area contributed by atoms with Gasteiger partial charge in [-0.05, 0) is 48.7 Å². The first-order valence-corrected chi connectivity index (χ1v) is 8.03. The van der Waals surface area contributed by atoms with Crippen LogP contribution in [0.25, 0.3) is 0 Å². The van der Waals surface area contributed by atoms with Crippen LogP contribution in [0.5, 0.6) is 0 Å². The van der Waals surface area contributed by atoms with Gasteiger partial charge in [0.25, 0.3) is 0 Å². The number of halogens is 2. The third-order valence-electron chi connectivity index (χ3n) is 4.66. The molecule has 0 saturated carbocycles. The Morgan fingerprint density at radius 3 is 2.77 bits per heavy atom. The highest BCUT2D eigenvalue weighted by Crippen LogP contribution is 2.49. The molecule has 114 valence electrons. The van der Waals surface area contributed by atoms with Crippen molar-refractivity contribution in [2.24, 2.45) is 5.92 Å². The largest absolute Gasteiger partial charge is 0.378 e. The van der Waals surface area contributed by atoms with E-state index in [0.717, 1.165) is 41.3 Å². The van der Waals surface area contributed by atoms with Gasteiger partial charge in [-0.2, -0.15) is 0 Å². The topological polar surface area (TPSA) is 21.3 Å².